The SMILES string of the molecule is COCCn1c(=NC(=O)CS(=O)(=O)CC(=O)N2CCCC(C)C2)sc2cc([N+](=O)[O-])ccc21. The second-order valence-electron chi connectivity index (χ2n) is 8.06. The van der Waals surface area contributed by atoms with Gasteiger partial charge in [-0.2, -0.15) is 4.99 Å². The molecule has 180 valence electrons. The van der Waals surface area contributed by atoms with Crippen LogP contribution in [0, 0.1) is 16.0 Å². The molecular formula is C20H26N4O7S2. The first kappa shape index (κ1) is 25.0. The van der Waals surface area contributed by atoms with Gasteiger partial charge in [-0.25, -0.2) is 8.42 Å². The Morgan fingerprint density at radius 2 is 2.09 bits per heavy atom. The first-order valence-electron chi connectivity index (χ1n) is 10.4. The largest absolute Gasteiger partial charge is 0.383 e. The summed E-state index contributed by atoms with van der Waals surface area (Å²) >= 11 is 1.04. The number of nitro benzene ring substituents is 1. The topological polar surface area (TPSA) is 141 Å². The summed E-state index contributed by atoms with van der Waals surface area (Å²) < 4.78 is 32.2. The summed E-state index contributed by atoms with van der Waals surface area (Å²) in [6.45, 7) is 3.66. The number of sulfone groups is 1. The van der Waals surface area contributed by atoms with Gasteiger partial charge in [0, 0.05) is 38.9 Å². The van der Waals surface area contributed by atoms with Crippen molar-refractivity contribution in [2.75, 3.05) is 38.3 Å². The van der Waals surface area contributed by atoms with Gasteiger partial charge < -0.3 is 14.2 Å². The van der Waals surface area contributed by atoms with Crippen LogP contribution in [0.5, 0.6) is 0 Å². The molecule has 1 fully saturated rings. The summed E-state index contributed by atoms with van der Waals surface area (Å²) in [5.41, 5.74) is 0.514. The van der Waals surface area contributed by atoms with Crippen LogP contribution in [0.3, 0.4) is 0 Å². The quantitative estimate of drug-likeness (QED) is 0.395. The van der Waals surface area contributed by atoms with Gasteiger partial charge in [0.2, 0.25) is 5.91 Å². The van der Waals surface area contributed by atoms with Crippen molar-refractivity contribution in [3.8, 4) is 0 Å². The van der Waals surface area contributed by atoms with E-state index in [2.05, 4.69) is 4.99 Å². The fourth-order valence-corrected chi connectivity index (χ4v) is 5.94. The Morgan fingerprint density at radius 1 is 1.33 bits per heavy atom. The van der Waals surface area contributed by atoms with Crippen LogP contribution < -0.4 is 4.80 Å². The molecule has 2 amide bonds. The Kier molecular flexibility index (Phi) is 7.97. The van der Waals surface area contributed by atoms with Crippen LogP contribution in [-0.2, 0) is 30.7 Å². The van der Waals surface area contributed by atoms with E-state index >= 15 is 0 Å². The van der Waals surface area contributed by atoms with Gasteiger partial charge in [-0.05, 0) is 24.8 Å². The number of methoxy groups -OCH3 is 1. The van der Waals surface area contributed by atoms with Gasteiger partial charge in [0.15, 0.2) is 14.6 Å². The zero-order chi connectivity index (χ0) is 24.2. The fourth-order valence-electron chi connectivity index (χ4n) is 3.73. The third-order valence-corrected chi connectivity index (χ3v) is 7.73. The maximum absolute atomic E-state index is 12.5. The maximum atomic E-state index is 12.5. The van der Waals surface area contributed by atoms with Gasteiger partial charge in [-0.3, -0.25) is 19.7 Å². The van der Waals surface area contributed by atoms with E-state index in [-0.39, 0.29) is 10.5 Å². The van der Waals surface area contributed by atoms with Crippen molar-refractivity contribution in [1.29, 1.82) is 0 Å². The molecule has 0 radical (unpaired) electrons. The summed E-state index contributed by atoms with van der Waals surface area (Å²) in [5.74, 6) is -2.71. The number of likely N-dealkylation sites (tertiary alicyclic amines) is 1. The highest BCUT2D eigenvalue weighted by Crippen LogP contribution is 2.23. The number of rotatable bonds is 8. The van der Waals surface area contributed by atoms with Crippen LogP contribution in [-0.4, -0.2) is 72.9 Å². The van der Waals surface area contributed by atoms with Crippen LogP contribution in [0.1, 0.15) is 19.8 Å². The molecular weight excluding hydrogens is 472 g/mol. The molecule has 2 aromatic rings. The molecule has 1 aliphatic heterocycles. The van der Waals surface area contributed by atoms with Crippen molar-refractivity contribution >= 4 is 48.9 Å². The number of piperidine rings is 1. The highest BCUT2D eigenvalue weighted by atomic mass is 32.2. The second kappa shape index (κ2) is 10.5. The number of carbonyl (C=O) groups is 2. The Morgan fingerprint density at radius 3 is 2.76 bits per heavy atom. The zero-order valence-corrected chi connectivity index (χ0v) is 20.1. The van der Waals surface area contributed by atoms with E-state index in [0.717, 1.165) is 24.2 Å². The smallest absolute Gasteiger partial charge is 0.270 e. The van der Waals surface area contributed by atoms with E-state index in [1.165, 1.54) is 24.1 Å². The number of carbonyl (C=O) groups excluding carboxylic acids is 2. The van der Waals surface area contributed by atoms with Crippen LogP contribution in [0.25, 0.3) is 10.2 Å². The highest BCUT2D eigenvalue weighted by Gasteiger charge is 2.27. The number of nitrogens with zero attached hydrogens (tertiary/aromatic N) is 4. The molecule has 1 aromatic carbocycles. The van der Waals surface area contributed by atoms with E-state index in [0.29, 0.717) is 42.4 Å². The van der Waals surface area contributed by atoms with Crippen LogP contribution >= 0.6 is 11.3 Å². The zero-order valence-electron chi connectivity index (χ0n) is 18.4. The van der Waals surface area contributed by atoms with Crippen LogP contribution in [0.2, 0.25) is 0 Å². The number of thiazole rings is 1. The molecule has 0 saturated carbocycles. The molecule has 0 N–H and O–H groups in total. The minimum Gasteiger partial charge on any atom is -0.383 e. The Hall–Kier alpha value is -2.64. The van der Waals surface area contributed by atoms with Crippen molar-refractivity contribution in [3.05, 3.63) is 33.1 Å². The standard InChI is InChI=1S/C20H26N4O7S2/c1-14-4-3-7-22(11-14)19(26)13-33(29,30)12-18(25)21-20-23(8-9-31-2)16-6-5-15(24(27)28)10-17(16)32-20/h5-6,10,14H,3-4,7-9,11-13H2,1-2H3. The monoisotopic (exact) mass is 498 g/mol. The Labute approximate surface area is 194 Å². The lowest BCUT2D eigenvalue weighted by Crippen LogP contribution is -2.42. The predicted octanol–water partition coefficient (Wildman–Crippen LogP) is 1.36. The molecule has 13 heteroatoms. The van der Waals surface area contributed by atoms with Crippen molar-refractivity contribution < 1.29 is 27.7 Å². The number of nitro groups is 1. The van der Waals surface area contributed by atoms with E-state index in [1.807, 2.05) is 6.92 Å². The minimum atomic E-state index is -4.00. The average Bonchev–Trinajstić information content (AvgIpc) is 3.07. The molecule has 1 aliphatic rings. The molecule has 1 saturated heterocycles. The maximum Gasteiger partial charge on any atom is 0.270 e. The molecule has 1 aromatic heterocycles. The summed E-state index contributed by atoms with van der Waals surface area (Å²) in [5, 5.41) is 11.1. The lowest BCUT2D eigenvalue weighted by molar-refractivity contribution is -0.384. The molecule has 11 nitrogen and oxygen atoms in total. The molecule has 0 aliphatic carbocycles. The first-order valence-corrected chi connectivity index (χ1v) is 13.1. The van der Waals surface area contributed by atoms with E-state index in [1.54, 1.807) is 10.6 Å². The van der Waals surface area contributed by atoms with Gasteiger partial charge in [-0.15, -0.1) is 0 Å². The fraction of sp³-hybridized carbons (Fsp3) is 0.550. The van der Waals surface area contributed by atoms with E-state index in [9.17, 15) is 28.1 Å². The highest BCUT2D eigenvalue weighted by molar-refractivity contribution is 7.92. The van der Waals surface area contributed by atoms with Gasteiger partial charge in [-0.1, -0.05) is 18.3 Å². The summed E-state index contributed by atoms with van der Waals surface area (Å²) in [4.78, 5) is 41.2. The number of amides is 2. The Bertz CT molecular complexity index is 1230. The molecule has 3 rings (SSSR count). The number of fused-ring (bicyclic) bond motifs is 1. The van der Waals surface area contributed by atoms with Gasteiger partial charge in [0.05, 0.1) is 21.7 Å². The normalized spacial score (nSPS) is 17.5. The third-order valence-electron chi connectivity index (χ3n) is 5.31. The lowest BCUT2D eigenvalue weighted by Gasteiger charge is -2.30. The lowest BCUT2D eigenvalue weighted by atomic mass is 10.0. The second-order valence-corrected chi connectivity index (χ2v) is 11.1. The van der Waals surface area contributed by atoms with Crippen molar-refractivity contribution in [1.82, 2.24) is 9.47 Å². The number of non-ortho nitro benzene ring substituents is 1. The van der Waals surface area contributed by atoms with Gasteiger partial charge in [0.25, 0.3) is 11.6 Å². The predicted molar refractivity (Wildman–Crippen MR) is 123 cm³/mol. The van der Waals surface area contributed by atoms with Crippen LogP contribution in [0.4, 0.5) is 5.69 Å². The minimum absolute atomic E-state index is 0.103. The molecule has 0 spiro atoms. The number of benzene rings is 1. The molecule has 33 heavy (non-hydrogen) atoms. The van der Waals surface area contributed by atoms with Crippen molar-refractivity contribution in [3.63, 3.8) is 0 Å². The summed E-state index contributed by atoms with van der Waals surface area (Å²) in [6.07, 6.45) is 1.82. The average molecular weight is 499 g/mol. The molecule has 2 heterocycles. The molecule has 0 bridgehead atoms. The van der Waals surface area contributed by atoms with Gasteiger partial charge in [0.1, 0.15) is 11.5 Å². The number of aromatic nitrogens is 1. The third kappa shape index (κ3) is 6.45. The van der Waals surface area contributed by atoms with E-state index in [4.69, 9.17) is 4.74 Å². The number of ether oxygens (including phenoxy) is 1. The summed E-state index contributed by atoms with van der Waals surface area (Å²) in [7, 11) is -2.49. The number of hydrogen-bond acceptors (Lipinski definition) is 8. The van der Waals surface area contributed by atoms with Crippen LogP contribution in [0.15, 0.2) is 23.2 Å². The molecule has 1 atom stereocenters. The van der Waals surface area contributed by atoms with Crippen molar-refractivity contribution in [2.45, 2.75) is 26.3 Å². The number of hydrogen-bond donors (Lipinski definition) is 0. The van der Waals surface area contributed by atoms with Crippen molar-refractivity contribution in [2.24, 2.45) is 10.9 Å². The van der Waals surface area contributed by atoms with Gasteiger partial charge >= 0.3 is 0 Å². The molecule has 1 unspecified atom stereocenters. The first-order chi connectivity index (χ1) is 15.6. The summed E-state index contributed by atoms with van der Waals surface area (Å²) in [6, 6.07) is 4.28. The Balaban J connectivity index is 1.82. The van der Waals surface area contributed by atoms with E-state index < -0.39 is 38.1 Å².